The van der Waals surface area contributed by atoms with E-state index in [1.807, 2.05) is 0 Å². The molecule has 0 spiro atoms. The fourth-order valence-electron chi connectivity index (χ4n) is 9.28. The predicted molar refractivity (Wildman–Crippen MR) is 241 cm³/mol. The van der Waals surface area contributed by atoms with E-state index in [9.17, 15) is 0 Å². The maximum absolute atomic E-state index is 2.35. The summed E-state index contributed by atoms with van der Waals surface area (Å²) < 4.78 is 0. The zero-order valence-corrected chi connectivity index (χ0v) is 30.8. The maximum atomic E-state index is 2.35. The Kier molecular flexibility index (Phi) is 7.60. The average molecular weight is 709 g/mol. The summed E-state index contributed by atoms with van der Waals surface area (Å²) >= 11 is 0. The van der Waals surface area contributed by atoms with E-state index < -0.39 is 0 Å². The van der Waals surface area contributed by atoms with Crippen LogP contribution in [-0.4, -0.2) is 0 Å². The molecule has 11 aromatic carbocycles. The number of benzene rings is 11. The van der Waals surface area contributed by atoms with Gasteiger partial charge in [0, 0.05) is 0 Å². The SMILES string of the molecule is c1ccc(-c2cccc3c(-c4cccc5ccccc45)c4ccccc4c(-c4ccccc4-c4cccc5ccccc45)c23)c(-c2cccc3ccccc23)c1. The van der Waals surface area contributed by atoms with E-state index in [2.05, 4.69) is 218 Å². The van der Waals surface area contributed by atoms with E-state index >= 15 is 0 Å². The second-order valence-electron chi connectivity index (χ2n) is 14.7. The zero-order chi connectivity index (χ0) is 37.0. The highest BCUT2D eigenvalue weighted by atomic mass is 14.3. The first kappa shape index (κ1) is 32.2. The molecule has 0 N–H and O–H groups in total. The van der Waals surface area contributed by atoms with Gasteiger partial charge in [-0.2, -0.15) is 0 Å². The second kappa shape index (κ2) is 13.2. The van der Waals surface area contributed by atoms with Crippen molar-refractivity contribution in [2.45, 2.75) is 0 Å². The summed E-state index contributed by atoms with van der Waals surface area (Å²) in [4.78, 5) is 0. The van der Waals surface area contributed by atoms with Crippen molar-refractivity contribution in [1.29, 1.82) is 0 Å². The molecule has 260 valence electrons. The third-order valence-corrected chi connectivity index (χ3v) is 11.7. The molecule has 0 saturated carbocycles. The van der Waals surface area contributed by atoms with E-state index in [4.69, 9.17) is 0 Å². The Labute approximate surface area is 326 Å². The minimum Gasteiger partial charge on any atom is -0.0616 e. The Morgan fingerprint density at radius 1 is 0.161 bits per heavy atom. The van der Waals surface area contributed by atoms with Crippen molar-refractivity contribution in [1.82, 2.24) is 0 Å². The summed E-state index contributed by atoms with van der Waals surface area (Å²) in [5, 5.41) is 12.5. The van der Waals surface area contributed by atoms with Crippen LogP contribution in [0.2, 0.25) is 0 Å². The van der Waals surface area contributed by atoms with Crippen molar-refractivity contribution < 1.29 is 0 Å². The molecular formula is C56H36. The first-order valence-electron chi connectivity index (χ1n) is 19.4. The third kappa shape index (κ3) is 5.08. The molecule has 0 saturated heterocycles. The van der Waals surface area contributed by atoms with Gasteiger partial charge >= 0.3 is 0 Å². The molecule has 0 radical (unpaired) electrons. The van der Waals surface area contributed by atoms with Crippen molar-refractivity contribution in [2.24, 2.45) is 0 Å². The molecule has 0 aliphatic carbocycles. The summed E-state index contributed by atoms with van der Waals surface area (Å²) in [6.45, 7) is 0. The fraction of sp³-hybridized carbons (Fsp3) is 0. The normalized spacial score (nSPS) is 11.6. The molecule has 0 atom stereocenters. The first-order valence-corrected chi connectivity index (χ1v) is 19.4. The van der Waals surface area contributed by atoms with Crippen LogP contribution in [0.15, 0.2) is 218 Å². The lowest BCUT2D eigenvalue weighted by Gasteiger charge is -2.23. The summed E-state index contributed by atoms with van der Waals surface area (Å²) in [6.07, 6.45) is 0. The molecular weight excluding hydrogens is 673 g/mol. The van der Waals surface area contributed by atoms with Gasteiger partial charge in [0.25, 0.3) is 0 Å². The first-order chi connectivity index (χ1) is 27.8. The highest BCUT2D eigenvalue weighted by molar-refractivity contribution is 6.28. The van der Waals surface area contributed by atoms with E-state index in [0.29, 0.717) is 0 Å². The van der Waals surface area contributed by atoms with E-state index in [0.717, 1.165) is 0 Å². The van der Waals surface area contributed by atoms with Gasteiger partial charge in [0.05, 0.1) is 0 Å². The molecule has 0 aliphatic rings. The Balaban J connectivity index is 1.33. The standard InChI is InChI=1S/C56H36/c1-4-23-40-37(17-1)20-13-32-43(40)45-26-7-8-28-47(45)50-35-16-36-53-54(48-34-15-22-39-19-3-6-25-42(39)48)51-30-11-12-31-52(51)55(56(50)53)49-29-10-9-27-46(49)44-33-14-21-38-18-2-5-24-41(38)44/h1-36H. The number of hydrogen-bond acceptors (Lipinski definition) is 0. The molecule has 0 nitrogen and oxygen atoms in total. The lowest BCUT2D eigenvalue weighted by atomic mass is 9.79. The molecule has 56 heavy (non-hydrogen) atoms. The largest absolute Gasteiger partial charge is 0.0616 e. The molecule has 0 bridgehead atoms. The van der Waals surface area contributed by atoms with Gasteiger partial charge in [-0.05, 0) is 109 Å². The molecule has 0 heteroatoms. The van der Waals surface area contributed by atoms with Gasteiger partial charge in [-0.1, -0.05) is 218 Å². The van der Waals surface area contributed by atoms with Crippen LogP contribution in [-0.2, 0) is 0 Å². The molecule has 11 aromatic rings. The van der Waals surface area contributed by atoms with Gasteiger partial charge < -0.3 is 0 Å². The molecule has 11 rings (SSSR count). The third-order valence-electron chi connectivity index (χ3n) is 11.7. The Morgan fingerprint density at radius 3 is 1.02 bits per heavy atom. The topological polar surface area (TPSA) is 0 Å². The Hall–Kier alpha value is -7.28. The van der Waals surface area contributed by atoms with Crippen LogP contribution in [0.25, 0.3) is 109 Å². The highest BCUT2D eigenvalue weighted by Gasteiger charge is 2.24. The van der Waals surface area contributed by atoms with Crippen molar-refractivity contribution in [3.63, 3.8) is 0 Å². The highest BCUT2D eigenvalue weighted by Crippen LogP contribution is 2.51. The monoisotopic (exact) mass is 708 g/mol. The van der Waals surface area contributed by atoms with Crippen LogP contribution >= 0.6 is 0 Å². The van der Waals surface area contributed by atoms with Crippen molar-refractivity contribution in [3.8, 4) is 55.6 Å². The smallest absolute Gasteiger partial charge is 0.00137 e. The summed E-state index contributed by atoms with van der Waals surface area (Å²) in [7, 11) is 0. The van der Waals surface area contributed by atoms with Gasteiger partial charge in [0.1, 0.15) is 0 Å². The minimum atomic E-state index is 1.22. The molecule has 0 heterocycles. The lowest BCUT2D eigenvalue weighted by Crippen LogP contribution is -1.96. The van der Waals surface area contributed by atoms with Crippen molar-refractivity contribution in [3.05, 3.63) is 218 Å². The molecule has 0 unspecified atom stereocenters. The van der Waals surface area contributed by atoms with Crippen LogP contribution in [0.3, 0.4) is 0 Å². The quantitative estimate of drug-likeness (QED) is 0.156. The summed E-state index contributed by atoms with van der Waals surface area (Å²) in [5.41, 5.74) is 12.4. The number of fused-ring (bicyclic) bond motifs is 5. The van der Waals surface area contributed by atoms with Crippen molar-refractivity contribution in [2.75, 3.05) is 0 Å². The number of rotatable bonds is 5. The van der Waals surface area contributed by atoms with Crippen LogP contribution in [0.1, 0.15) is 0 Å². The van der Waals surface area contributed by atoms with Gasteiger partial charge in [-0.25, -0.2) is 0 Å². The van der Waals surface area contributed by atoms with Crippen LogP contribution in [0.4, 0.5) is 0 Å². The average Bonchev–Trinajstić information content (AvgIpc) is 3.27. The van der Waals surface area contributed by atoms with Gasteiger partial charge in [0.2, 0.25) is 0 Å². The fourth-order valence-corrected chi connectivity index (χ4v) is 9.28. The predicted octanol–water partition coefficient (Wildman–Crippen LogP) is 15.8. The molecule has 0 amide bonds. The van der Waals surface area contributed by atoms with Gasteiger partial charge in [-0.3, -0.25) is 0 Å². The molecule has 0 aliphatic heterocycles. The van der Waals surface area contributed by atoms with Gasteiger partial charge in [-0.15, -0.1) is 0 Å². The van der Waals surface area contributed by atoms with E-state index in [1.165, 1.54) is 109 Å². The molecule has 0 fully saturated rings. The van der Waals surface area contributed by atoms with Crippen LogP contribution in [0.5, 0.6) is 0 Å². The van der Waals surface area contributed by atoms with Crippen LogP contribution < -0.4 is 0 Å². The minimum absolute atomic E-state index is 1.22. The van der Waals surface area contributed by atoms with E-state index in [-0.39, 0.29) is 0 Å². The zero-order valence-electron chi connectivity index (χ0n) is 30.8. The van der Waals surface area contributed by atoms with Crippen molar-refractivity contribution >= 4 is 53.9 Å². The summed E-state index contributed by atoms with van der Waals surface area (Å²) in [6, 6.07) is 80.5. The Bertz CT molecular complexity index is 3290. The second-order valence-corrected chi connectivity index (χ2v) is 14.7. The Morgan fingerprint density at radius 2 is 0.464 bits per heavy atom. The van der Waals surface area contributed by atoms with Crippen LogP contribution in [0, 0.1) is 0 Å². The maximum Gasteiger partial charge on any atom is -0.00137 e. The lowest BCUT2D eigenvalue weighted by molar-refractivity contribution is 1.61. The number of hydrogen-bond donors (Lipinski definition) is 0. The summed E-state index contributed by atoms with van der Waals surface area (Å²) in [5.74, 6) is 0. The van der Waals surface area contributed by atoms with E-state index in [1.54, 1.807) is 0 Å². The van der Waals surface area contributed by atoms with Gasteiger partial charge in [0.15, 0.2) is 0 Å². The molecule has 0 aromatic heterocycles.